The number of aryl methyl sites for hydroxylation is 2. The van der Waals surface area contributed by atoms with Crippen molar-refractivity contribution in [1.82, 2.24) is 0 Å². The number of carbonyl (C=O) groups excluding carboxylic acids is 3. The second-order valence-corrected chi connectivity index (χ2v) is 11.4. The maximum Gasteiger partial charge on any atom is 0.235 e. The van der Waals surface area contributed by atoms with E-state index < -0.39 is 41.0 Å². The summed E-state index contributed by atoms with van der Waals surface area (Å²) in [5.41, 5.74) is 1.53. The second kappa shape index (κ2) is 12.4. The summed E-state index contributed by atoms with van der Waals surface area (Å²) in [5, 5.41) is 17.5. The average Bonchev–Trinajstić information content (AvgIpc) is 2.91. The van der Waals surface area contributed by atoms with Crippen LogP contribution in [0.2, 0.25) is 0 Å². The predicted molar refractivity (Wildman–Crippen MR) is 161 cm³/mol. The molecule has 4 unspecified atom stereocenters. The number of amides is 2. The summed E-state index contributed by atoms with van der Waals surface area (Å²) in [6.45, 7) is 7.41. The maximum absolute atomic E-state index is 14.0. The van der Waals surface area contributed by atoms with E-state index in [2.05, 4.69) is 26.6 Å². The Morgan fingerprint density at radius 3 is 2.10 bits per heavy atom. The number of halogens is 1. The van der Waals surface area contributed by atoms with Crippen molar-refractivity contribution < 1.29 is 29.0 Å². The van der Waals surface area contributed by atoms with Crippen LogP contribution in [0, 0.1) is 25.7 Å². The van der Waals surface area contributed by atoms with Crippen LogP contribution < -0.4 is 20.1 Å². The number of Topliss-reactive ketones (excluding diaryl/α,β-unsaturated/α-hetero) is 1. The molecule has 3 N–H and O–H groups in total. The molecular weight excluding hydrogens is 588 g/mol. The van der Waals surface area contributed by atoms with Gasteiger partial charge in [0.15, 0.2) is 11.5 Å². The quantitative estimate of drug-likeness (QED) is 0.274. The molecule has 1 aliphatic rings. The van der Waals surface area contributed by atoms with Gasteiger partial charge in [0, 0.05) is 23.7 Å². The largest absolute Gasteiger partial charge is 0.493 e. The zero-order chi connectivity index (χ0) is 29.9. The number of methoxy groups -OCH3 is 1. The Kier molecular flexibility index (Phi) is 9.19. The van der Waals surface area contributed by atoms with E-state index in [0.717, 1.165) is 11.1 Å². The first-order chi connectivity index (χ1) is 19.5. The van der Waals surface area contributed by atoms with E-state index in [1.165, 1.54) is 14.0 Å². The van der Waals surface area contributed by atoms with Crippen molar-refractivity contribution in [3.8, 4) is 11.5 Å². The molecular formula is C32H35BrN2O6. The molecule has 3 aromatic rings. The molecule has 0 heterocycles. The molecule has 0 radical (unpaired) electrons. The van der Waals surface area contributed by atoms with Crippen LogP contribution in [0.3, 0.4) is 0 Å². The van der Waals surface area contributed by atoms with Crippen LogP contribution in [0.15, 0.2) is 65.1 Å². The standard InChI is InChI=1S/C32H35BrN2O6/c1-6-41-29-21(33)15-20(16-25(29)40-5)26-27(30(37)34-22-13-9-7-11-18(22)2)24(36)17-32(4,39)28(26)31(38)35-23-14-10-8-12-19(23)3/h7-16,26-28,39H,6,17H2,1-5H3,(H,34,37)(H,35,38). The van der Waals surface area contributed by atoms with Crippen LogP contribution in [-0.2, 0) is 14.4 Å². The number of ketones is 1. The Hall–Kier alpha value is -3.69. The number of benzene rings is 3. The molecule has 8 nitrogen and oxygen atoms in total. The van der Waals surface area contributed by atoms with Gasteiger partial charge in [-0.1, -0.05) is 36.4 Å². The van der Waals surface area contributed by atoms with Gasteiger partial charge in [0.1, 0.15) is 11.7 Å². The molecule has 216 valence electrons. The highest BCUT2D eigenvalue weighted by atomic mass is 79.9. The Labute approximate surface area is 248 Å². The summed E-state index contributed by atoms with van der Waals surface area (Å²) in [6.07, 6.45) is -0.365. The van der Waals surface area contributed by atoms with Crippen molar-refractivity contribution in [3.63, 3.8) is 0 Å². The molecule has 4 atom stereocenters. The summed E-state index contributed by atoms with van der Waals surface area (Å²) in [6, 6.07) is 17.9. The van der Waals surface area contributed by atoms with E-state index in [0.29, 0.717) is 39.5 Å². The van der Waals surface area contributed by atoms with Gasteiger partial charge in [-0.05, 0) is 84.6 Å². The highest BCUT2D eigenvalue weighted by molar-refractivity contribution is 9.10. The van der Waals surface area contributed by atoms with E-state index in [9.17, 15) is 19.5 Å². The monoisotopic (exact) mass is 622 g/mol. The van der Waals surface area contributed by atoms with E-state index in [1.54, 1.807) is 36.4 Å². The molecule has 0 saturated heterocycles. The molecule has 41 heavy (non-hydrogen) atoms. The summed E-state index contributed by atoms with van der Waals surface area (Å²) in [5.74, 6) is -4.16. The van der Waals surface area contributed by atoms with Crippen molar-refractivity contribution in [2.45, 2.75) is 45.6 Å². The lowest BCUT2D eigenvalue weighted by molar-refractivity contribution is -0.150. The van der Waals surface area contributed by atoms with E-state index in [4.69, 9.17) is 9.47 Å². The van der Waals surface area contributed by atoms with Crippen LogP contribution in [0.5, 0.6) is 11.5 Å². The fourth-order valence-electron chi connectivity index (χ4n) is 5.56. The summed E-state index contributed by atoms with van der Waals surface area (Å²) in [4.78, 5) is 41.6. The van der Waals surface area contributed by atoms with Gasteiger partial charge >= 0.3 is 0 Å². The van der Waals surface area contributed by atoms with Gasteiger partial charge in [0.25, 0.3) is 0 Å². The molecule has 3 aromatic carbocycles. The van der Waals surface area contributed by atoms with Crippen molar-refractivity contribution in [2.75, 3.05) is 24.4 Å². The SMILES string of the molecule is CCOc1c(Br)cc(C2C(C(=O)Nc3ccccc3C)C(=O)CC(C)(O)C2C(=O)Nc2ccccc2C)cc1OC. The van der Waals surface area contributed by atoms with Crippen LogP contribution in [0.1, 0.15) is 42.9 Å². The Morgan fingerprint density at radius 2 is 1.56 bits per heavy atom. The van der Waals surface area contributed by atoms with Crippen LogP contribution >= 0.6 is 15.9 Å². The highest BCUT2D eigenvalue weighted by Gasteiger charge is 2.56. The number of rotatable bonds is 8. The third-order valence-electron chi connectivity index (χ3n) is 7.56. The number of hydrogen-bond acceptors (Lipinski definition) is 6. The lowest BCUT2D eigenvalue weighted by Gasteiger charge is -2.44. The van der Waals surface area contributed by atoms with E-state index >= 15 is 0 Å². The first-order valence-corrected chi connectivity index (χ1v) is 14.3. The number of anilines is 2. The summed E-state index contributed by atoms with van der Waals surface area (Å²) >= 11 is 3.54. The van der Waals surface area contributed by atoms with Gasteiger partial charge in [-0.15, -0.1) is 0 Å². The Balaban J connectivity index is 1.87. The highest BCUT2D eigenvalue weighted by Crippen LogP contribution is 2.49. The van der Waals surface area contributed by atoms with Crippen LogP contribution in [0.25, 0.3) is 0 Å². The molecule has 0 aromatic heterocycles. The molecule has 1 aliphatic carbocycles. The van der Waals surface area contributed by atoms with Crippen LogP contribution in [-0.4, -0.2) is 42.0 Å². The molecule has 0 spiro atoms. The number of aliphatic hydroxyl groups is 1. The van der Waals surface area contributed by atoms with Crippen molar-refractivity contribution in [3.05, 3.63) is 81.8 Å². The Morgan fingerprint density at radius 1 is 1.00 bits per heavy atom. The minimum Gasteiger partial charge on any atom is -0.493 e. The number of carbonyl (C=O) groups is 3. The minimum absolute atomic E-state index is 0.365. The van der Waals surface area contributed by atoms with E-state index in [1.807, 2.05) is 45.0 Å². The molecule has 2 amide bonds. The fourth-order valence-corrected chi connectivity index (χ4v) is 6.13. The number of ether oxygens (including phenoxy) is 2. The average molecular weight is 624 g/mol. The molecule has 1 saturated carbocycles. The number of hydrogen-bond donors (Lipinski definition) is 3. The first-order valence-electron chi connectivity index (χ1n) is 13.5. The molecule has 0 bridgehead atoms. The molecule has 9 heteroatoms. The van der Waals surface area contributed by atoms with Gasteiger partial charge in [-0.3, -0.25) is 14.4 Å². The lowest BCUT2D eigenvalue weighted by atomic mass is 9.61. The van der Waals surface area contributed by atoms with Crippen molar-refractivity contribution in [1.29, 1.82) is 0 Å². The van der Waals surface area contributed by atoms with Gasteiger partial charge < -0.3 is 25.2 Å². The smallest absolute Gasteiger partial charge is 0.235 e. The van der Waals surface area contributed by atoms with Crippen LogP contribution in [0.4, 0.5) is 11.4 Å². The topological polar surface area (TPSA) is 114 Å². The van der Waals surface area contributed by atoms with Crippen molar-refractivity contribution >= 4 is 44.9 Å². The van der Waals surface area contributed by atoms with E-state index in [-0.39, 0.29) is 6.42 Å². The number of nitrogens with one attached hydrogen (secondary N) is 2. The van der Waals surface area contributed by atoms with Gasteiger partial charge in [-0.25, -0.2) is 0 Å². The fraction of sp³-hybridized carbons (Fsp3) is 0.344. The molecule has 4 rings (SSSR count). The van der Waals surface area contributed by atoms with Gasteiger partial charge in [-0.2, -0.15) is 0 Å². The third kappa shape index (κ3) is 6.31. The first kappa shape index (κ1) is 30.3. The zero-order valence-corrected chi connectivity index (χ0v) is 25.4. The summed E-state index contributed by atoms with van der Waals surface area (Å²) < 4.78 is 11.9. The Bertz CT molecular complexity index is 1470. The number of para-hydroxylation sites is 2. The zero-order valence-electron chi connectivity index (χ0n) is 23.8. The predicted octanol–water partition coefficient (Wildman–Crippen LogP) is 5.79. The lowest BCUT2D eigenvalue weighted by Crippen LogP contribution is -2.56. The third-order valence-corrected chi connectivity index (χ3v) is 8.15. The maximum atomic E-state index is 14.0. The van der Waals surface area contributed by atoms with Crippen molar-refractivity contribution in [2.24, 2.45) is 11.8 Å². The normalized spacial score (nSPS) is 22.1. The minimum atomic E-state index is -1.74. The summed E-state index contributed by atoms with van der Waals surface area (Å²) in [7, 11) is 1.49. The van der Waals surface area contributed by atoms with Gasteiger partial charge in [0.05, 0.1) is 29.7 Å². The second-order valence-electron chi connectivity index (χ2n) is 10.6. The molecule has 1 fully saturated rings. The van der Waals surface area contributed by atoms with Gasteiger partial charge in [0.2, 0.25) is 11.8 Å². The molecule has 0 aliphatic heterocycles.